The van der Waals surface area contributed by atoms with Crippen LogP contribution in [-0.4, -0.2) is 40.0 Å². The minimum Gasteiger partial charge on any atom is -0.481 e. The van der Waals surface area contributed by atoms with Crippen LogP contribution in [0.3, 0.4) is 0 Å². The Bertz CT molecular complexity index is 784. The van der Waals surface area contributed by atoms with E-state index in [-0.39, 0.29) is 29.5 Å². The third kappa shape index (κ3) is 3.01. The van der Waals surface area contributed by atoms with Gasteiger partial charge in [-0.1, -0.05) is 30.3 Å². The summed E-state index contributed by atoms with van der Waals surface area (Å²) in [5.41, 5.74) is 0.817. The van der Waals surface area contributed by atoms with Crippen LogP contribution >= 0.6 is 0 Å². The second-order valence-corrected chi connectivity index (χ2v) is 5.61. The maximum absolute atomic E-state index is 12.5. The molecule has 0 radical (unpaired) electrons. The highest BCUT2D eigenvalue weighted by Crippen LogP contribution is 2.33. The molecule has 23 heavy (non-hydrogen) atoms. The van der Waals surface area contributed by atoms with Crippen LogP contribution in [0.4, 0.5) is 0 Å². The van der Waals surface area contributed by atoms with Crippen LogP contribution < -0.4 is 5.56 Å². The van der Waals surface area contributed by atoms with Gasteiger partial charge in [0.15, 0.2) is 0 Å². The number of hydrogen-bond donors (Lipinski definition) is 2. The Hall–Kier alpha value is -2.89. The molecule has 0 saturated carbocycles. The minimum atomic E-state index is -0.917. The van der Waals surface area contributed by atoms with Crippen molar-refractivity contribution >= 4 is 11.9 Å². The molecule has 1 aromatic carbocycles. The van der Waals surface area contributed by atoms with Crippen molar-refractivity contribution in [3.05, 3.63) is 70.1 Å². The van der Waals surface area contributed by atoms with Gasteiger partial charge in [-0.05, 0) is 11.6 Å². The SMILES string of the molecule is O=C(O)[C@@H]1CN(C(=O)c2cc[nH]c(=O)c2)C[C@H]1c1ccccc1. The van der Waals surface area contributed by atoms with Crippen molar-refractivity contribution in [2.45, 2.75) is 5.92 Å². The number of rotatable bonds is 3. The molecule has 0 unspecified atom stereocenters. The zero-order valence-corrected chi connectivity index (χ0v) is 12.3. The van der Waals surface area contributed by atoms with Crippen molar-refractivity contribution in [1.82, 2.24) is 9.88 Å². The van der Waals surface area contributed by atoms with E-state index >= 15 is 0 Å². The number of aromatic amines is 1. The molecule has 1 aliphatic heterocycles. The number of aliphatic carboxylic acids is 1. The standard InChI is InChI=1S/C17H16N2O4/c20-15-8-12(6-7-18-15)16(21)19-9-13(14(10-19)17(22)23)11-4-2-1-3-5-11/h1-8,13-14H,9-10H2,(H,18,20)(H,22,23)/t13-,14+/m0/s1. The number of nitrogens with zero attached hydrogens (tertiary/aromatic N) is 1. The van der Waals surface area contributed by atoms with Gasteiger partial charge in [-0.2, -0.15) is 0 Å². The summed E-state index contributed by atoms with van der Waals surface area (Å²) in [5.74, 6) is -2.14. The number of carboxylic acids is 1. The van der Waals surface area contributed by atoms with Gasteiger partial charge in [0, 0.05) is 36.8 Å². The lowest BCUT2D eigenvalue weighted by Crippen LogP contribution is -2.30. The maximum atomic E-state index is 12.5. The van der Waals surface area contributed by atoms with Crippen LogP contribution in [-0.2, 0) is 4.79 Å². The topological polar surface area (TPSA) is 90.5 Å². The molecule has 0 aliphatic carbocycles. The molecule has 1 aromatic heterocycles. The van der Waals surface area contributed by atoms with Crippen molar-refractivity contribution in [1.29, 1.82) is 0 Å². The van der Waals surface area contributed by atoms with Gasteiger partial charge in [0.05, 0.1) is 5.92 Å². The first-order chi connectivity index (χ1) is 11.1. The molecule has 6 heteroatoms. The van der Waals surface area contributed by atoms with E-state index in [1.807, 2.05) is 30.3 Å². The fourth-order valence-corrected chi connectivity index (χ4v) is 3.02. The van der Waals surface area contributed by atoms with Crippen LogP contribution in [0.5, 0.6) is 0 Å². The van der Waals surface area contributed by atoms with Crippen LogP contribution in [0.15, 0.2) is 53.5 Å². The summed E-state index contributed by atoms with van der Waals surface area (Å²) in [6, 6.07) is 12.1. The highest BCUT2D eigenvalue weighted by Gasteiger charge is 2.40. The zero-order chi connectivity index (χ0) is 16.4. The van der Waals surface area contributed by atoms with E-state index in [1.165, 1.54) is 23.2 Å². The summed E-state index contributed by atoms with van der Waals surface area (Å²) in [5, 5.41) is 9.47. The summed E-state index contributed by atoms with van der Waals surface area (Å²) in [7, 11) is 0. The molecule has 2 atom stereocenters. The summed E-state index contributed by atoms with van der Waals surface area (Å²) < 4.78 is 0. The first-order valence-corrected chi connectivity index (χ1v) is 7.32. The van der Waals surface area contributed by atoms with E-state index < -0.39 is 11.9 Å². The normalized spacial score (nSPS) is 20.4. The largest absolute Gasteiger partial charge is 0.481 e. The van der Waals surface area contributed by atoms with Crippen LogP contribution in [0, 0.1) is 5.92 Å². The highest BCUT2D eigenvalue weighted by molar-refractivity contribution is 5.94. The molecule has 6 nitrogen and oxygen atoms in total. The molecule has 1 saturated heterocycles. The zero-order valence-electron chi connectivity index (χ0n) is 12.3. The quantitative estimate of drug-likeness (QED) is 0.894. The van der Waals surface area contributed by atoms with Gasteiger partial charge in [-0.15, -0.1) is 0 Å². The van der Waals surface area contributed by atoms with Gasteiger partial charge < -0.3 is 15.0 Å². The van der Waals surface area contributed by atoms with Crippen molar-refractivity contribution in [2.75, 3.05) is 13.1 Å². The van der Waals surface area contributed by atoms with E-state index in [0.717, 1.165) is 5.56 Å². The molecule has 1 aliphatic rings. The molecule has 1 amide bonds. The summed E-state index contributed by atoms with van der Waals surface area (Å²) in [4.78, 5) is 39.4. The minimum absolute atomic E-state index is 0.139. The number of carbonyl (C=O) groups excluding carboxylic acids is 1. The first kappa shape index (κ1) is 15.0. The van der Waals surface area contributed by atoms with Gasteiger partial charge in [-0.25, -0.2) is 0 Å². The Morgan fingerprint density at radius 2 is 1.87 bits per heavy atom. The monoisotopic (exact) mass is 312 g/mol. The molecule has 1 fully saturated rings. The second kappa shape index (κ2) is 6.08. The smallest absolute Gasteiger partial charge is 0.308 e. The summed E-state index contributed by atoms with van der Waals surface area (Å²) in [6.45, 7) is 0.465. The van der Waals surface area contributed by atoms with E-state index in [0.29, 0.717) is 6.54 Å². The average molecular weight is 312 g/mol. The lowest BCUT2D eigenvalue weighted by molar-refractivity contribution is -0.141. The number of benzene rings is 1. The Morgan fingerprint density at radius 1 is 1.13 bits per heavy atom. The number of likely N-dealkylation sites (tertiary alicyclic amines) is 1. The lowest BCUT2D eigenvalue weighted by Gasteiger charge is -2.16. The molecule has 2 N–H and O–H groups in total. The second-order valence-electron chi connectivity index (χ2n) is 5.61. The number of nitrogens with one attached hydrogen (secondary N) is 1. The van der Waals surface area contributed by atoms with Gasteiger partial charge in [0.25, 0.3) is 5.91 Å². The molecule has 2 heterocycles. The van der Waals surface area contributed by atoms with Crippen LogP contribution in [0.1, 0.15) is 21.8 Å². The maximum Gasteiger partial charge on any atom is 0.308 e. The fraction of sp³-hybridized carbons (Fsp3) is 0.235. The predicted octanol–water partition coefficient (Wildman–Crippen LogP) is 1.32. The predicted molar refractivity (Wildman–Crippen MR) is 83.3 cm³/mol. The van der Waals surface area contributed by atoms with Crippen molar-refractivity contribution in [3.8, 4) is 0 Å². The molecule has 0 bridgehead atoms. The van der Waals surface area contributed by atoms with Gasteiger partial charge in [-0.3, -0.25) is 14.4 Å². The molecule has 3 rings (SSSR count). The van der Waals surface area contributed by atoms with Crippen molar-refractivity contribution < 1.29 is 14.7 Å². The Labute approximate surface area is 132 Å². The van der Waals surface area contributed by atoms with Gasteiger partial charge >= 0.3 is 5.97 Å². The Morgan fingerprint density at radius 3 is 2.52 bits per heavy atom. The molecule has 2 aromatic rings. The number of carbonyl (C=O) groups is 2. The Kier molecular flexibility index (Phi) is 3.97. The van der Waals surface area contributed by atoms with Gasteiger partial charge in [0.1, 0.15) is 0 Å². The fourth-order valence-electron chi connectivity index (χ4n) is 3.02. The number of hydrogen-bond acceptors (Lipinski definition) is 3. The Balaban J connectivity index is 1.87. The van der Waals surface area contributed by atoms with Crippen molar-refractivity contribution in [3.63, 3.8) is 0 Å². The first-order valence-electron chi connectivity index (χ1n) is 7.32. The number of H-pyrrole nitrogens is 1. The van der Waals surface area contributed by atoms with E-state index in [1.54, 1.807) is 0 Å². The molecular formula is C17H16N2O4. The van der Waals surface area contributed by atoms with E-state index in [4.69, 9.17) is 0 Å². The third-order valence-corrected chi connectivity index (χ3v) is 4.17. The van der Waals surface area contributed by atoms with Crippen LogP contribution in [0.25, 0.3) is 0 Å². The summed E-state index contributed by atoms with van der Waals surface area (Å²) >= 11 is 0. The molecule has 118 valence electrons. The van der Waals surface area contributed by atoms with E-state index in [9.17, 15) is 19.5 Å². The average Bonchev–Trinajstić information content (AvgIpc) is 3.00. The van der Waals surface area contributed by atoms with Crippen molar-refractivity contribution in [2.24, 2.45) is 5.92 Å². The summed E-state index contributed by atoms with van der Waals surface area (Å²) in [6.07, 6.45) is 1.41. The molecule has 0 spiro atoms. The lowest BCUT2D eigenvalue weighted by atomic mass is 9.89. The highest BCUT2D eigenvalue weighted by atomic mass is 16.4. The molecular weight excluding hydrogens is 296 g/mol. The number of pyridine rings is 1. The van der Waals surface area contributed by atoms with Gasteiger partial charge in [0.2, 0.25) is 5.56 Å². The number of carboxylic acid groups (broad SMARTS) is 1. The number of amides is 1. The van der Waals surface area contributed by atoms with Crippen LogP contribution in [0.2, 0.25) is 0 Å². The third-order valence-electron chi connectivity index (χ3n) is 4.17. The number of aromatic nitrogens is 1. The van der Waals surface area contributed by atoms with E-state index in [2.05, 4.69) is 4.98 Å².